The summed E-state index contributed by atoms with van der Waals surface area (Å²) in [4.78, 5) is 17.8. The largest absolute Gasteiger partial charge is 0.492 e. The van der Waals surface area contributed by atoms with Crippen molar-refractivity contribution in [2.24, 2.45) is 10.9 Å². The maximum atomic E-state index is 13.0. The average Bonchev–Trinajstić information content (AvgIpc) is 3.61. The van der Waals surface area contributed by atoms with Gasteiger partial charge in [0.1, 0.15) is 5.75 Å². The SMILES string of the molecule is CCOc1cc(N)c(C=NC2CCC(C)CC2)cc1NC(=O)c1cccc(C2CC2)[n+]1O. The first kappa shape index (κ1) is 22.1. The number of hydrogen-bond donors (Lipinski definition) is 3. The van der Waals surface area contributed by atoms with Gasteiger partial charge in [0, 0.05) is 52.4 Å². The molecule has 4 N–H and O–H groups in total. The number of hydrogen-bond acceptors (Lipinski definition) is 5. The van der Waals surface area contributed by atoms with E-state index >= 15 is 0 Å². The number of nitrogens with two attached hydrogens (primary N) is 1. The van der Waals surface area contributed by atoms with Gasteiger partial charge in [-0.25, -0.2) is 0 Å². The predicted molar refractivity (Wildman–Crippen MR) is 125 cm³/mol. The van der Waals surface area contributed by atoms with Crippen LogP contribution in [0.5, 0.6) is 5.75 Å². The molecule has 1 aromatic carbocycles. The Morgan fingerprint density at radius 3 is 2.69 bits per heavy atom. The number of pyridine rings is 1. The number of nitrogens with zero attached hydrogens (tertiary/aromatic N) is 2. The summed E-state index contributed by atoms with van der Waals surface area (Å²) < 4.78 is 6.71. The van der Waals surface area contributed by atoms with Crippen LogP contribution >= 0.6 is 0 Å². The smallest absolute Gasteiger partial charge is 0.325 e. The molecule has 7 nitrogen and oxygen atoms in total. The molecule has 7 heteroatoms. The number of carbonyl (C=O) groups excluding carboxylic acids is 1. The highest BCUT2D eigenvalue weighted by molar-refractivity contribution is 6.04. The minimum absolute atomic E-state index is 0.181. The maximum absolute atomic E-state index is 13.0. The molecule has 1 amide bonds. The number of aromatic nitrogens is 1. The molecule has 0 aliphatic heterocycles. The van der Waals surface area contributed by atoms with Crippen molar-refractivity contribution in [3.05, 3.63) is 47.3 Å². The average molecular weight is 438 g/mol. The molecule has 2 aliphatic carbocycles. The van der Waals surface area contributed by atoms with E-state index in [4.69, 9.17) is 15.5 Å². The minimum atomic E-state index is -0.412. The standard InChI is InChI=1S/C25H32N4O3/c1-3-32-24-14-20(26)18(15-27-19-11-7-16(2)8-12-19)13-21(24)28-25(30)23-6-4-5-22(29(23)31)17-9-10-17/h4-6,13-17,19,26,30-31H,3,7-12H2,1-2H3/p+1. The van der Waals surface area contributed by atoms with Gasteiger partial charge in [0.2, 0.25) is 5.69 Å². The van der Waals surface area contributed by atoms with Crippen molar-refractivity contribution in [3.8, 4) is 5.75 Å². The molecule has 2 fully saturated rings. The second-order valence-corrected chi connectivity index (χ2v) is 8.98. The Labute approximate surface area is 189 Å². The van der Waals surface area contributed by atoms with Crippen molar-refractivity contribution in [1.82, 2.24) is 0 Å². The summed E-state index contributed by atoms with van der Waals surface area (Å²) in [6.07, 6.45) is 8.44. The van der Waals surface area contributed by atoms with Crippen molar-refractivity contribution in [2.75, 3.05) is 17.7 Å². The van der Waals surface area contributed by atoms with Crippen LogP contribution in [0.2, 0.25) is 0 Å². The second-order valence-electron chi connectivity index (χ2n) is 8.98. The van der Waals surface area contributed by atoms with E-state index in [1.807, 2.05) is 13.0 Å². The summed E-state index contributed by atoms with van der Waals surface area (Å²) in [6, 6.07) is 9.07. The van der Waals surface area contributed by atoms with Crippen LogP contribution < -0.4 is 20.5 Å². The molecule has 0 atom stereocenters. The van der Waals surface area contributed by atoms with Gasteiger partial charge in [-0.15, -0.1) is 0 Å². The third-order valence-electron chi connectivity index (χ3n) is 6.37. The lowest BCUT2D eigenvalue weighted by atomic mass is 9.88. The van der Waals surface area contributed by atoms with Gasteiger partial charge in [-0.05, 0) is 63.5 Å². The molecule has 32 heavy (non-hydrogen) atoms. The van der Waals surface area contributed by atoms with Crippen molar-refractivity contribution >= 4 is 23.5 Å². The Kier molecular flexibility index (Phi) is 6.63. The van der Waals surface area contributed by atoms with Crippen LogP contribution in [-0.2, 0) is 0 Å². The first-order valence-electron chi connectivity index (χ1n) is 11.6. The Hall–Kier alpha value is -3.09. The predicted octanol–water partition coefficient (Wildman–Crippen LogP) is 4.32. The molecule has 0 radical (unpaired) electrons. The lowest BCUT2D eigenvalue weighted by molar-refractivity contribution is -0.910. The monoisotopic (exact) mass is 437 g/mol. The summed E-state index contributed by atoms with van der Waals surface area (Å²) in [6.45, 7) is 4.60. The lowest BCUT2D eigenvalue weighted by Gasteiger charge is -2.23. The van der Waals surface area contributed by atoms with Gasteiger partial charge in [0.25, 0.3) is 0 Å². The molecule has 4 rings (SSSR count). The molecule has 0 unspecified atom stereocenters. The summed E-state index contributed by atoms with van der Waals surface area (Å²) in [5.41, 5.74) is 8.99. The molecular formula is C25H33N4O3+. The number of carbonyl (C=O) groups is 1. The number of anilines is 2. The Balaban J connectivity index is 1.57. The normalized spacial score (nSPS) is 20.9. The maximum Gasteiger partial charge on any atom is 0.325 e. The van der Waals surface area contributed by atoms with E-state index in [0.717, 1.165) is 47.6 Å². The van der Waals surface area contributed by atoms with E-state index in [2.05, 4.69) is 12.2 Å². The molecule has 2 aromatic rings. The van der Waals surface area contributed by atoms with Crippen LogP contribution in [0, 0.1) is 5.92 Å². The molecule has 2 aliphatic rings. The third kappa shape index (κ3) is 5.03. The van der Waals surface area contributed by atoms with Crippen LogP contribution in [0.4, 0.5) is 11.4 Å². The molecule has 170 valence electrons. The third-order valence-corrected chi connectivity index (χ3v) is 6.37. The Bertz CT molecular complexity index is 1010. The van der Waals surface area contributed by atoms with E-state index in [9.17, 15) is 10.0 Å². The van der Waals surface area contributed by atoms with Gasteiger partial charge in [0.15, 0.2) is 0 Å². The topological polar surface area (TPSA) is 101 Å². The molecule has 0 spiro atoms. The van der Waals surface area contributed by atoms with Crippen molar-refractivity contribution in [2.45, 2.75) is 64.3 Å². The van der Waals surface area contributed by atoms with E-state index in [-0.39, 0.29) is 5.69 Å². The van der Waals surface area contributed by atoms with E-state index < -0.39 is 5.91 Å². The number of benzene rings is 1. The van der Waals surface area contributed by atoms with Crippen LogP contribution in [0.3, 0.4) is 0 Å². The van der Waals surface area contributed by atoms with Gasteiger partial charge in [0.05, 0.1) is 12.3 Å². The molecule has 0 saturated heterocycles. The highest BCUT2D eigenvalue weighted by Gasteiger charge is 2.35. The molecule has 0 bridgehead atoms. The van der Waals surface area contributed by atoms with E-state index in [1.165, 1.54) is 12.8 Å². The Morgan fingerprint density at radius 1 is 1.25 bits per heavy atom. The van der Waals surface area contributed by atoms with E-state index in [1.54, 1.807) is 30.5 Å². The number of nitrogen functional groups attached to an aromatic ring is 1. The van der Waals surface area contributed by atoms with Gasteiger partial charge in [-0.3, -0.25) is 15.0 Å². The molecular weight excluding hydrogens is 404 g/mol. The van der Waals surface area contributed by atoms with Gasteiger partial charge >= 0.3 is 11.6 Å². The first-order chi connectivity index (χ1) is 15.5. The number of aliphatic imine (C=N–C) groups is 1. The quantitative estimate of drug-likeness (QED) is 0.260. The van der Waals surface area contributed by atoms with Gasteiger partial charge in [-0.2, -0.15) is 0 Å². The van der Waals surface area contributed by atoms with Crippen molar-refractivity contribution in [1.29, 1.82) is 0 Å². The number of amides is 1. The summed E-state index contributed by atoms with van der Waals surface area (Å²) in [5.74, 6) is 1.16. The fourth-order valence-corrected chi connectivity index (χ4v) is 4.24. The summed E-state index contributed by atoms with van der Waals surface area (Å²) >= 11 is 0. The van der Waals surface area contributed by atoms with Gasteiger partial charge in [-0.1, -0.05) is 6.92 Å². The van der Waals surface area contributed by atoms with Crippen LogP contribution in [0.15, 0.2) is 35.3 Å². The van der Waals surface area contributed by atoms with Crippen LogP contribution in [0.1, 0.15) is 80.0 Å². The Morgan fingerprint density at radius 2 is 2.00 bits per heavy atom. The molecule has 2 saturated carbocycles. The van der Waals surface area contributed by atoms with Crippen LogP contribution in [-0.4, -0.2) is 30.0 Å². The number of ether oxygens (including phenoxy) is 1. The lowest BCUT2D eigenvalue weighted by Crippen LogP contribution is -2.43. The highest BCUT2D eigenvalue weighted by atomic mass is 16.5. The second kappa shape index (κ2) is 9.59. The zero-order chi connectivity index (χ0) is 22.7. The number of rotatable bonds is 7. The fraction of sp³-hybridized carbons (Fsp3) is 0.480. The minimum Gasteiger partial charge on any atom is -0.492 e. The van der Waals surface area contributed by atoms with Crippen LogP contribution in [0.25, 0.3) is 0 Å². The number of nitrogens with one attached hydrogen (secondary N) is 1. The zero-order valence-electron chi connectivity index (χ0n) is 18.9. The van der Waals surface area contributed by atoms with Crippen molar-refractivity contribution in [3.63, 3.8) is 0 Å². The fourth-order valence-electron chi connectivity index (χ4n) is 4.24. The highest BCUT2D eigenvalue weighted by Crippen LogP contribution is 2.38. The summed E-state index contributed by atoms with van der Waals surface area (Å²) in [7, 11) is 0. The molecule has 1 aromatic heterocycles. The van der Waals surface area contributed by atoms with Crippen molar-refractivity contribution < 1.29 is 19.5 Å². The zero-order valence-corrected chi connectivity index (χ0v) is 18.9. The van der Waals surface area contributed by atoms with Gasteiger partial charge < -0.3 is 15.8 Å². The van der Waals surface area contributed by atoms with E-state index in [0.29, 0.717) is 35.7 Å². The molecule has 1 heterocycles. The first-order valence-corrected chi connectivity index (χ1v) is 11.6. The summed E-state index contributed by atoms with van der Waals surface area (Å²) in [5, 5.41) is 13.4.